The summed E-state index contributed by atoms with van der Waals surface area (Å²) in [5.74, 6) is -1.24. The molecule has 110 valence electrons. The van der Waals surface area contributed by atoms with Crippen molar-refractivity contribution in [2.24, 2.45) is 0 Å². The number of amides is 2. The van der Waals surface area contributed by atoms with Gasteiger partial charge in [-0.2, -0.15) is 11.8 Å². The molecule has 0 aromatic heterocycles. The van der Waals surface area contributed by atoms with Gasteiger partial charge in [0.2, 0.25) is 0 Å². The van der Waals surface area contributed by atoms with Crippen molar-refractivity contribution in [2.45, 2.75) is 49.5 Å². The molecule has 0 saturated heterocycles. The summed E-state index contributed by atoms with van der Waals surface area (Å²) in [5, 5.41) is 23.1. The molecular weight excluding hydrogens is 268 g/mol. The van der Waals surface area contributed by atoms with Gasteiger partial charge in [-0.1, -0.05) is 12.8 Å². The summed E-state index contributed by atoms with van der Waals surface area (Å²) in [6, 6.07) is -1.83. The van der Waals surface area contributed by atoms with Crippen LogP contribution in [0.15, 0.2) is 0 Å². The van der Waals surface area contributed by atoms with Crippen LogP contribution in [0.3, 0.4) is 0 Å². The van der Waals surface area contributed by atoms with Crippen molar-refractivity contribution in [3.8, 4) is 0 Å². The first-order chi connectivity index (χ1) is 8.90. The van der Waals surface area contributed by atoms with E-state index in [0.29, 0.717) is 6.54 Å². The summed E-state index contributed by atoms with van der Waals surface area (Å²) >= 11 is 1.75. The molecule has 0 bridgehead atoms. The lowest BCUT2D eigenvalue weighted by molar-refractivity contribution is -0.141. The van der Waals surface area contributed by atoms with E-state index in [-0.39, 0.29) is 4.75 Å². The first-order valence-electron chi connectivity index (χ1n) is 6.40. The number of aliphatic hydroxyl groups is 1. The maximum atomic E-state index is 11.7. The molecule has 6 nitrogen and oxygen atoms in total. The maximum Gasteiger partial charge on any atom is 0.328 e. The zero-order chi connectivity index (χ0) is 14.5. The highest BCUT2D eigenvalue weighted by Gasteiger charge is 2.33. The van der Waals surface area contributed by atoms with Crippen molar-refractivity contribution >= 4 is 23.8 Å². The van der Waals surface area contributed by atoms with Crippen LogP contribution in [0.4, 0.5) is 4.79 Å². The molecule has 7 heteroatoms. The van der Waals surface area contributed by atoms with Gasteiger partial charge in [0, 0.05) is 11.3 Å². The molecule has 4 N–H and O–H groups in total. The van der Waals surface area contributed by atoms with E-state index < -0.39 is 24.1 Å². The van der Waals surface area contributed by atoms with Crippen LogP contribution < -0.4 is 10.6 Å². The van der Waals surface area contributed by atoms with Crippen molar-refractivity contribution in [1.82, 2.24) is 10.6 Å². The highest BCUT2D eigenvalue weighted by Crippen LogP contribution is 2.39. The number of carbonyl (C=O) groups excluding carboxylic acids is 1. The number of rotatable bonds is 6. The van der Waals surface area contributed by atoms with E-state index in [0.717, 1.165) is 25.7 Å². The van der Waals surface area contributed by atoms with E-state index in [4.69, 9.17) is 5.11 Å². The van der Waals surface area contributed by atoms with Gasteiger partial charge < -0.3 is 20.8 Å². The van der Waals surface area contributed by atoms with Crippen LogP contribution in [-0.2, 0) is 4.79 Å². The lowest BCUT2D eigenvalue weighted by atomic mass is 10.1. The van der Waals surface area contributed by atoms with Crippen LogP contribution in [0.25, 0.3) is 0 Å². The number of nitrogens with one attached hydrogen (secondary N) is 2. The number of carboxylic acids is 1. The highest BCUT2D eigenvalue weighted by molar-refractivity contribution is 8.00. The molecule has 0 heterocycles. The molecular formula is C12H22N2O4S. The molecule has 1 fully saturated rings. The number of carbonyl (C=O) groups is 2. The lowest BCUT2D eigenvalue weighted by Crippen LogP contribution is -2.53. The van der Waals surface area contributed by atoms with Gasteiger partial charge in [-0.15, -0.1) is 0 Å². The first-order valence-corrected chi connectivity index (χ1v) is 7.63. The molecule has 0 radical (unpaired) electrons. The van der Waals surface area contributed by atoms with Crippen LogP contribution in [0.1, 0.15) is 32.6 Å². The van der Waals surface area contributed by atoms with Gasteiger partial charge in [0.1, 0.15) is 0 Å². The Morgan fingerprint density at radius 3 is 2.37 bits per heavy atom. The van der Waals surface area contributed by atoms with Crippen molar-refractivity contribution in [3.63, 3.8) is 0 Å². The number of urea groups is 1. The summed E-state index contributed by atoms with van der Waals surface area (Å²) in [4.78, 5) is 22.5. The summed E-state index contributed by atoms with van der Waals surface area (Å²) < 4.78 is 0.0703. The Hall–Kier alpha value is -0.950. The third-order valence-corrected chi connectivity index (χ3v) is 4.97. The number of aliphatic carboxylic acids is 1. The lowest BCUT2D eigenvalue weighted by Gasteiger charge is -2.27. The molecule has 1 saturated carbocycles. The normalized spacial score (nSPS) is 20.6. The number of hydrogen-bond donors (Lipinski definition) is 4. The van der Waals surface area contributed by atoms with E-state index >= 15 is 0 Å². The molecule has 1 aliphatic carbocycles. The molecule has 1 rings (SSSR count). The smallest absolute Gasteiger partial charge is 0.328 e. The maximum absolute atomic E-state index is 11.7. The quantitative estimate of drug-likeness (QED) is 0.580. The average Bonchev–Trinajstić information content (AvgIpc) is 2.82. The number of hydrogen-bond acceptors (Lipinski definition) is 4. The third kappa shape index (κ3) is 4.58. The van der Waals surface area contributed by atoms with Gasteiger partial charge in [-0.25, -0.2) is 9.59 Å². The minimum atomic E-state index is -1.28. The highest BCUT2D eigenvalue weighted by atomic mass is 32.2. The van der Waals surface area contributed by atoms with Crippen molar-refractivity contribution in [1.29, 1.82) is 0 Å². The second-order valence-electron chi connectivity index (χ2n) is 4.98. The van der Waals surface area contributed by atoms with E-state index in [1.54, 1.807) is 11.8 Å². The van der Waals surface area contributed by atoms with E-state index in [1.807, 2.05) is 6.26 Å². The Morgan fingerprint density at radius 1 is 1.37 bits per heavy atom. The van der Waals surface area contributed by atoms with Crippen LogP contribution >= 0.6 is 11.8 Å². The number of carboxylic acid groups (broad SMARTS) is 1. The van der Waals surface area contributed by atoms with Crippen molar-refractivity contribution < 1.29 is 19.8 Å². The Labute approximate surface area is 117 Å². The number of aliphatic hydroxyl groups excluding tert-OH is 1. The third-order valence-electron chi connectivity index (χ3n) is 3.55. The SMILES string of the molecule is CSC1(CNC(=O)NC(C(=O)O)C(C)O)CCCC1. The summed E-state index contributed by atoms with van der Waals surface area (Å²) in [6.07, 6.45) is 5.34. The fourth-order valence-corrected chi connectivity index (χ4v) is 3.21. The summed E-state index contributed by atoms with van der Waals surface area (Å²) in [6.45, 7) is 1.85. The molecule has 2 amide bonds. The summed E-state index contributed by atoms with van der Waals surface area (Å²) in [7, 11) is 0. The van der Waals surface area contributed by atoms with Crippen LogP contribution in [-0.4, -0.2) is 51.9 Å². The van der Waals surface area contributed by atoms with Crippen LogP contribution in [0, 0.1) is 0 Å². The Morgan fingerprint density at radius 2 is 1.95 bits per heavy atom. The Bertz CT molecular complexity index is 330. The molecule has 0 aromatic carbocycles. The van der Waals surface area contributed by atoms with E-state index in [9.17, 15) is 14.7 Å². The largest absolute Gasteiger partial charge is 0.480 e. The van der Waals surface area contributed by atoms with Crippen molar-refractivity contribution in [3.05, 3.63) is 0 Å². The van der Waals surface area contributed by atoms with Gasteiger partial charge in [0.15, 0.2) is 6.04 Å². The number of thioether (sulfide) groups is 1. The minimum Gasteiger partial charge on any atom is -0.480 e. The minimum absolute atomic E-state index is 0.0703. The first kappa shape index (κ1) is 16.1. The van der Waals surface area contributed by atoms with E-state index in [1.165, 1.54) is 6.92 Å². The average molecular weight is 290 g/mol. The molecule has 2 unspecified atom stereocenters. The van der Waals surface area contributed by atoms with Crippen LogP contribution in [0.2, 0.25) is 0 Å². The van der Waals surface area contributed by atoms with Gasteiger partial charge in [0.05, 0.1) is 6.10 Å². The zero-order valence-electron chi connectivity index (χ0n) is 11.3. The monoisotopic (exact) mass is 290 g/mol. The molecule has 0 aliphatic heterocycles. The fourth-order valence-electron chi connectivity index (χ4n) is 2.29. The molecule has 0 spiro atoms. The Balaban J connectivity index is 2.44. The summed E-state index contributed by atoms with van der Waals surface area (Å²) in [5.41, 5.74) is 0. The second-order valence-corrected chi connectivity index (χ2v) is 6.25. The topological polar surface area (TPSA) is 98.7 Å². The molecule has 1 aliphatic rings. The van der Waals surface area contributed by atoms with Gasteiger partial charge in [-0.05, 0) is 26.0 Å². The molecule has 2 atom stereocenters. The standard InChI is InChI=1S/C12H22N2O4S/c1-8(15)9(10(16)17)14-11(18)13-7-12(19-2)5-3-4-6-12/h8-9,15H,3-7H2,1-2H3,(H,16,17)(H2,13,14,18). The zero-order valence-corrected chi connectivity index (χ0v) is 12.1. The molecule has 19 heavy (non-hydrogen) atoms. The van der Waals surface area contributed by atoms with Crippen LogP contribution in [0.5, 0.6) is 0 Å². The Kier molecular flexibility index (Phi) is 5.93. The van der Waals surface area contributed by atoms with Gasteiger partial charge in [-0.3, -0.25) is 0 Å². The fraction of sp³-hybridized carbons (Fsp3) is 0.833. The predicted octanol–water partition coefficient (Wildman–Crippen LogP) is 0.795. The van der Waals surface area contributed by atoms with Gasteiger partial charge >= 0.3 is 12.0 Å². The second kappa shape index (κ2) is 7.00. The molecule has 0 aromatic rings. The van der Waals surface area contributed by atoms with Crippen molar-refractivity contribution in [2.75, 3.05) is 12.8 Å². The van der Waals surface area contributed by atoms with E-state index in [2.05, 4.69) is 10.6 Å². The van der Waals surface area contributed by atoms with Gasteiger partial charge in [0.25, 0.3) is 0 Å². The predicted molar refractivity (Wildman–Crippen MR) is 74.4 cm³/mol.